The summed E-state index contributed by atoms with van der Waals surface area (Å²) in [6, 6.07) is 0.370. The van der Waals surface area contributed by atoms with Crippen molar-refractivity contribution in [3.8, 4) is 0 Å². The minimum absolute atomic E-state index is 0.0833. The van der Waals surface area contributed by atoms with Crippen molar-refractivity contribution in [2.75, 3.05) is 6.54 Å². The first kappa shape index (κ1) is 6.05. The van der Waals surface area contributed by atoms with Crippen molar-refractivity contribution in [3.05, 3.63) is 0 Å². The average molecular weight is 115 g/mol. The Morgan fingerprint density at radius 2 is 2.50 bits per heavy atom. The van der Waals surface area contributed by atoms with Crippen molar-refractivity contribution >= 4 is 0 Å². The van der Waals surface area contributed by atoms with E-state index in [0.29, 0.717) is 6.04 Å². The Morgan fingerprint density at radius 1 is 1.75 bits per heavy atom. The number of hydrogen-bond acceptors (Lipinski definition) is 2. The Labute approximate surface area is 49.9 Å². The van der Waals surface area contributed by atoms with Crippen molar-refractivity contribution in [2.45, 2.75) is 31.9 Å². The highest BCUT2D eigenvalue weighted by molar-refractivity contribution is 4.81. The number of aliphatic hydroxyl groups is 1. The van der Waals surface area contributed by atoms with Crippen LogP contribution in [0.25, 0.3) is 0 Å². The van der Waals surface area contributed by atoms with Gasteiger partial charge in [0.1, 0.15) is 0 Å². The summed E-state index contributed by atoms with van der Waals surface area (Å²) in [6.07, 6.45) is 1.89. The summed E-state index contributed by atoms with van der Waals surface area (Å²) in [4.78, 5) is 0. The normalized spacial score (nSPS) is 38.2. The van der Waals surface area contributed by atoms with Crippen LogP contribution in [0.2, 0.25) is 0 Å². The molecule has 2 unspecified atom stereocenters. The predicted octanol–water partition coefficient (Wildman–Crippen LogP) is 0.119. The topological polar surface area (TPSA) is 32.3 Å². The Balaban J connectivity index is 2.30. The molecule has 1 aliphatic rings. The van der Waals surface area contributed by atoms with Crippen LogP contribution in [-0.2, 0) is 0 Å². The molecule has 1 rings (SSSR count). The molecule has 0 saturated carbocycles. The summed E-state index contributed by atoms with van der Waals surface area (Å²) in [6.45, 7) is 3.08. The molecule has 0 amide bonds. The molecule has 0 radical (unpaired) electrons. The Bertz CT molecular complexity index is 74.9. The fourth-order valence-electron chi connectivity index (χ4n) is 1.17. The van der Waals surface area contributed by atoms with Gasteiger partial charge in [-0.15, -0.1) is 0 Å². The van der Waals surface area contributed by atoms with E-state index in [1.807, 2.05) is 0 Å². The van der Waals surface area contributed by atoms with Crippen LogP contribution in [0.5, 0.6) is 0 Å². The zero-order valence-electron chi connectivity index (χ0n) is 5.22. The summed E-state index contributed by atoms with van der Waals surface area (Å²) >= 11 is 0. The molecular weight excluding hydrogens is 102 g/mol. The van der Waals surface area contributed by atoms with Gasteiger partial charge in [-0.2, -0.15) is 0 Å². The molecule has 2 heteroatoms. The van der Waals surface area contributed by atoms with Crippen LogP contribution in [0, 0.1) is 0 Å². The summed E-state index contributed by atoms with van der Waals surface area (Å²) in [7, 11) is 0. The molecule has 2 nitrogen and oxygen atoms in total. The maximum atomic E-state index is 9.13. The van der Waals surface area contributed by atoms with E-state index in [1.165, 1.54) is 0 Å². The van der Waals surface area contributed by atoms with Gasteiger partial charge in [-0.3, -0.25) is 0 Å². The molecule has 48 valence electrons. The van der Waals surface area contributed by atoms with Crippen molar-refractivity contribution in [1.29, 1.82) is 0 Å². The fourth-order valence-corrected chi connectivity index (χ4v) is 1.17. The third-order valence-corrected chi connectivity index (χ3v) is 1.75. The molecule has 0 bridgehead atoms. The van der Waals surface area contributed by atoms with Gasteiger partial charge in [0.15, 0.2) is 0 Å². The SMILES string of the molecule is CCC1NCCC1O. The molecule has 0 aliphatic carbocycles. The van der Waals surface area contributed by atoms with Crippen LogP contribution in [0.15, 0.2) is 0 Å². The monoisotopic (exact) mass is 115 g/mol. The lowest BCUT2D eigenvalue weighted by Gasteiger charge is -2.09. The smallest absolute Gasteiger partial charge is 0.0705 e. The van der Waals surface area contributed by atoms with Crippen molar-refractivity contribution in [3.63, 3.8) is 0 Å². The summed E-state index contributed by atoms with van der Waals surface area (Å²) < 4.78 is 0. The highest BCUT2D eigenvalue weighted by Gasteiger charge is 2.21. The second kappa shape index (κ2) is 2.46. The first-order chi connectivity index (χ1) is 3.84. The molecule has 2 N–H and O–H groups in total. The van der Waals surface area contributed by atoms with E-state index < -0.39 is 0 Å². The lowest BCUT2D eigenvalue weighted by molar-refractivity contribution is 0.157. The van der Waals surface area contributed by atoms with E-state index in [4.69, 9.17) is 5.11 Å². The number of aliphatic hydroxyl groups excluding tert-OH is 1. The van der Waals surface area contributed by atoms with E-state index in [9.17, 15) is 0 Å². The van der Waals surface area contributed by atoms with Crippen LogP contribution in [0.3, 0.4) is 0 Å². The first-order valence-electron chi connectivity index (χ1n) is 3.26. The molecule has 0 aromatic rings. The van der Waals surface area contributed by atoms with E-state index in [-0.39, 0.29) is 6.10 Å². The minimum atomic E-state index is -0.0833. The number of nitrogens with one attached hydrogen (secondary N) is 1. The molecule has 1 saturated heterocycles. The maximum absolute atomic E-state index is 9.13. The van der Waals surface area contributed by atoms with Gasteiger partial charge < -0.3 is 10.4 Å². The van der Waals surface area contributed by atoms with Gasteiger partial charge in [-0.25, -0.2) is 0 Å². The molecule has 1 fully saturated rings. The Hall–Kier alpha value is -0.0800. The fraction of sp³-hybridized carbons (Fsp3) is 1.00. The zero-order chi connectivity index (χ0) is 5.98. The van der Waals surface area contributed by atoms with Crippen molar-refractivity contribution < 1.29 is 5.11 Å². The highest BCUT2D eigenvalue weighted by atomic mass is 16.3. The van der Waals surface area contributed by atoms with Crippen LogP contribution >= 0.6 is 0 Å². The van der Waals surface area contributed by atoms with Gasteiger partial charge in [0.05, 0.1) is 6.10 Å². The van der Waals surface area contributed by atoms with E-state index in [2.05, 4.69) is 12.2 Å². The molecule has 1 aliphatic heterocycles. The number of hydrogen-bond donors (Lipinski definition) is 2. The van der Waals surface area contributed by atoms with Crippen LogP contribution < -0.4 is 5.32 Å². The minimum Gasteiger partial charge on any atom is -0.391 e. The van der Waals surface area contributed by atoms with Gasteiger partial charge in [-0.1, -0.05) is 6.92 Å². The lowest BCUT2D eigenvalue weighted by Crippen LogP contribution is -2.28. The molecular formula is C6H13NO. The Kier molecular flexibility index (Phi) is 1.86. The summed E-state index contributed by atoms with van der Waals surface area (Å²) in [5.41, 5.74) is 0. The van der Waals surface area contributed by atoms with E-state index in [1.54, 1.807) is 0 Å². The Morgan fingerprint density at radius 3 is 2.75 bits per heavy atom. The molecule has 0 aromatic carbocycles. The molecule has 0 spiro atoms. The van der Waals surface area contributed by atoms with Gasteiger partial charge in [0.25, 0.3) is 0 Å². The van der Waals surface area contributed by atoms with Gasteiger partial charge >= 0.3 is 0 Å². The molecule has 1 heterocycles. The summed E-state index contributed by atoms with van der Waals surface area (Å²) in [5, 5.41) is 12.3. The van der Waals surface area contributed by atoms with Crippen molar-refractivity contribution in [1.82, 2.24) is 5.32 Å². The average Bonchev–Trinajstić information content (AvgIpc) is 2.14. The van der Waals surface area contributed by atoms with Gasteiger partial charge in [0, 0.05) is 6.04 Å². The second-order valence-corrected chi connectivity index (χ2v) is 2.32. The molecule has 8 heavy (non-hydrogen) atoms. The van der Waals surface area contributed by atoms with Crippen LogP contribution in [0.1, 0.15) is 19.8 Å². The van der Waals surface area contributed by atoms with E-state index in [0.717, 1.165) is 19.4 Å². The summed E-state index contributed by atoms with van der Waals surface area (Å²) in [5.74, 6) is 0. The van der Waals surface area contributed by atoms with Crippen LogP contribution in [-0.4, -0.2) is 23.8 Å². The zero-order valence-corrected chi connectivity index (χ0v) is 5.22. The molecule has 0 aromatic heterocycles. The lowest BCUT2D eigenvalue weighted by atomic mass is 10.1. The van der Waals surface area contributed by atoms with Crippen molar-refractivity contribution in [2.24, 2.45) is 0 Å². The second-order valence-electron chi connectivity index (χ2n) is 2.32. The quantitative estimate of drug-likeness (QED) is 0.508. The highest BCUT2D eigenvalue weighted by Crippen LogP contribution is 2.08. The first-order valence-corrected chi connectivity index (χ1v) is 3.26. The predicted molar refractivity (Wildman–Crippen MR) is 32.7 cm³/mol. The maximum Gasteiger partial charge on any atom is 0.0705 e. The number of rotatable bonds is 1. The van der Waals surface area contributed by atoms with E-state index >= 15 is 0 Å². The largest absolute Gasteiger partial charge is 0.391 e. The van der Waals surface area contributed by atoms with Gasteiger partial charge in [0.2, 0.25) is 0 Å². The standard InChI is InChI=1S/C6H13NO/c1-2-5-6(8)3-4-7-5/h5-8H,2-4H2,1H3. The third-order valence-electron chi connectivity index (χ3n) is 1.75. The molecule has 2 atom stereocenters. The van der Waals surface area contributed by atoms with Gasteiger partial charge in [-0.05, 0) is 19.4 Å². The third kappa shape index (κ3) is 1.01. The van der Waals surface area contributed by atoms with Crippen LogP contribution in [0.4, 0.5) is 0 Å².